The maximum Gasteiger partial charge on any atom is 0.121 e. The minimum atomic E-state index is 0.115. The molecule has 0 fully saturated rings. The number of hydrogen-bond donors (Lipinski definition) is 1. The molecule has 0 aromatic heterocycles. The lowest BCUT2D eigenvalue weighted by atomic mass is 10.2. The van der Waals surface area contributed by atoms with Gasteiger partial charge in [0.05, 0.1) is 13.2 Å². The van der Waals surface area contributed by atoms with Gasteiger partial charge in [0.15, 0.2) is 0 Å². The second kappa shape index (κ2) is 10.4. The van der Waals surface area contributed by atoms with E-state index in [0.717, 1.165) is 36.6 Å². The highest BCUT2D eigenvalue weighted by atomic mass is 16.5. The third-order valence-corrected chi connectivity index (χ3v) is 4.62. The van der Waals surface area contributed by atoms with E-state index in [0.29, 0.717) is 6.61 Å². The van der Waals surface area contributed by atoms with Gasteiger partial charge in [-0.05, 0) is 48.7 Å². The van der Waals surface area contributed by atoms with Gasteiger partial charge in [0.25, 0.3) is 0 Å². The Morgan fingerprint density at radius 2 is 1.64 bits per heavy atom. The van der Waals surface area contributed by atoms with Gasteiger partial charge in [-0.15, -0.1) is 0 Å². The van der Waals surface area contributed by atoms with E-state index in [4.69, 9.17) is 9.47 Å². The Hall–Kier alpha value is -2.94. The van der Waals surface area contributed by atoms with Crippen LogP contribution in [0.25, 0.3) is 0 Å². The maximum absolute atomic E-state index is 6.12. The Balaban J connectivity index is 1.49. The van der Waals surface area contributed by atoms with E-state index in [1.54, 1.807) is 0 Å². The molecule has 0 saturated heterocycles. The maximum atomic E-state index is 6.12. The Labute approximate surface area is 168 Å². The summed E-state index contributed by atoms with van der Waals surface area (Å²) in [5.74, 6) is 1.81. The lowest BCUT2D eigenvalue weighted by Crippen LogP contribution is -2.25. The number of aryl methyl sites for hydroxylation is 1. The van der Waals surface area contributed by atoms with Gasteiger partial charge in [0.2, 0.25) is 0 Å². The van der Waals surface area contributed by atoms with Gasteiger partial charge < -0.3 is 14.8 Å². The molecule has 1 atom stereocenters. The van der Waals surface area contributed by atoms with Gasteiger partial charge >= 0.3 is 0 Å². The lowest BCUT2D eigenvalue weighted by molar-refractivity contribution is 0.210. The first-order valence-corrected chi connectivity index (χ1v) is 9.97. The fourth-order valence-electron chi connectivity index (χ4n) is 3.01. The van der Waals surface area contributed by atoms with Crippen LogP contribution in [0.3, 0.4) is 0 Å². The molecule has 1 unspecified atom stereocenters. The minimum Gasteiger partial charge on any atom is -0.493 e. The van der Waals surface area contributed by atoms with Crippen LogP contribution in [0, 0.1) is 6.92 Å². The van der Waals surface area contributed by atoms with Crippen molar-refractivity contribution in [1.29, 1.82) is 0 Å². The quantitative estimate of drug-likeness (QED) is 0.479. The molecule has 28 heavy (non-hydrogen) atoms. The van der Waals surface area contributed by atoms with Crippen LogP contribution >= 0.6 is 0 Å². The van der Waals surface area contributed by atoms with Crippen LogP contribution < -0.4 is 14.8 Å². The summed E-state index contributed by atoms with van der Waals surface area (Å²) in [6.07, 6.45) is 1.96. The molecule has 0 bridgehead atoms. The highest BCUT2D eigenvalue weighted by Crippen LogP contribution is 2.19. The molecule has 0 radical (unpaired) electrons. The smallest absolute Gasteiger partial charge is 0.121 e. The summed E-state index contributed by atoms with van der Waals surface area (Å²) < 4.78 is 12.0. The second-order valence-electron chi connectivity index (χ2n) is 6.96. The van der Waals surface area contributed by atoms with Gasteiger partial charge in [0, 0.05) is 18.2 Å². The standard InChI is InChI=1S/C25H29NO2/c1-3-23(28-25-14-7-9-20(2)17-25)19-26-22-12-8-13-24(18-22)27-16-15-21-10-5-4-6-11-21/h4-14,17-18,23,26H,3,15-16,19H2,1-2H3. The van der Waals surface area contributed by atoms with Gasteiger partial charge in [-0.3, -0.25) is 0 Å². The Bertz CT molecular complexity index is 848. The summed E-state index contributed by atoms with van der Waals surface area (Å²) in [5.41, 5.74) is 3.54. The Morgan fingerprint density at radius 1 is 0.857 bits per heavy atom. The van der Waals surface area contributed by atoms with Crippen molar-refractivity contribution in [3.63, 3.8) is 0 Å². The van der Waals surface area contributed by atoms with E-state index in [1.165, 1.54) is 11.1 Å². The molecule has 3 nitrogen and oxygen atoms in total. The van der Waals surface area contributed by atoms with Crippen LogP contribution in [-0.2, 0) is 6.42 Å². The molecular weight excluding hydrogens is 346 g/mol. The van der Waals surface area contributed by atoms with Crippen LogP contribution in [0.2, 0.25) is 0 Å². The van der Waals surface area contributed by atoms with Gasteiger partial charge in [-0.25, -0.2) is 0 Å². The molecule has 3 rings (SSSR count). The van der Waals surface area contributed by atoms with E-state index in [-0.39, 0.29) is 6.10 Å². The van der Waals surface area contributed by atoms with Gasteiger partial charge in [0.1, 0.15) is 17.6 Å². The number of anilines is 1. The first kappa shape index (κ1) is 19.8. The zero-order chi connectivity index (χ0) is 19.6. The molecule has 0 aliphatic rings. The van der Waals surface area contributed by atoms with E-state index >= 15 is 0 Å². The highest BCUT2D eigenvalue weighted by molar-refractivity contribution is 5.48. The molecule has 1 N–H and O–H groups in total. The van der Waals surface area contributed by atoms with E-state index < -0.39 is 0 Å². The Kier molecular flexibility index (Phi) is 7.36. The van der Waals surface area contributed by atoms with Crippen molar-refractivity contribution in [2.45, 2.75) is 32.8 Å². The topological polar surface area (TPSA) is 30.5 Å². The molecule has 146 valence electrons. The fraction of sp³-hybridized carbons (Fsp3) is 0.280. The molecule has 0 saturated carbocycles. The third kappa shape index (κ3) is 6.34. The zero-order valence-corrected chi connectivity index (χ0v) is 16.7. The van der Waals surface area contributed by atoms with Crippen molar-refractivity contribution in [3.8, 4) is 11.5 Å². The molecule has 0 spiro atoms. The number of nitrogens with one attached hydrogen (secondary N) is 1. The average Bonchev–Trinajstić information content (AvgIpc) is 2.72. The van der Waals surface area contributed by atoms with Crippen molar-refractivity contribution >= 4 is 5.69 Å². The normalized spacial score (nSPS) is 11.6. The van der Waals surface area contributed by atoms with Crippen LogP contribution in [0.5, 0.6) is 11.5 Å². The predicted molar refractivity (Wildman–Crippen MR) is 116 cm³/mol. The summed E-state index contributed by atoms with van der Waals surface area (Å²) in [6, 6.07) is 26.7. The summed E-state index contributed by atoms with van der Waals surface area (Å²) in [4.78, 5) is 0. The molecule has 3 heteroatoms. The summed E-state index contributed by atoms with van der Waals surface area (Å²) in [6.45, 7) is 5.64. The lowest BCUT2D eigenvalue weighted by Gasteiger charge is -2.19. The summed E-state index contributed by atoms with van der Waals surface area (Å²) in [7, 11) is 0. The molecule has 0 aliphatic carbocycles. The van der Waals surface area contributed by atoms with Crippen LogP contribution in [0.15, 0.2) is 78.9 Å². The van der Waals surface area contributed by atoms with E-state index in [2.05, 4.69) is 61.6 Å². The molecular formula is C25H29NO2. The van der Waals surface area contributed by atoms with E-state index in [1.807, 2.05) is 36.4 Å². The molecule has 3 aromatic carbocycles. The minimum absolute atomic E-state index is 0.115. The first-order valence-electron chi connectivity index (χ1n) is 9.97. The monoisotopic (exact) mass is 375 g/mol. The van der Waals surface area contributed by atoms with Crippen LogP contribution in [-0.4, -0.2) is 19.3 Å². The molecule has 0 aliphatic heterocycles. The molecule has 0 amide bonds. The van der Waals surface area contributed by atoms with Crippen molar-refractivity contribution in [2.75, 3.05) is 18.5 Å². The largest absolute Gasteiger partial charge is 0.493 e. The first-order chi connectivity index (χ1) is 13.7. The van der Waals surface area contributed by atoms with Gasteiger partial charge in [-0.2, -0.15) is 0 Å². The van der Waals surface area contributed by atoms with Crippen LogP contribution in [0.4, 0.5) is 5.69 Å². The third-order valence-electron chi connectivity index (χ3n) is 4.62. The summed E-state index contributed by atoms with van der Waals surface area (Å²) >= 11 is 0. The molecule has 0 heterocycles. The number of hydrogen-bond acceptors (Lipinski definition) is 3. The SMILES string of the molecule is CCC(CNc1cccc(OCCc2ccccc2)c1)Oc1cccc(C)c1. The van der Waals surface area contributed by atoms with Crippen molar-refractivity contribution in [2.24, 2.45) is 0 Å². The van der Waals surface area contributed by atoms with Gasteiger partial charge in [-0.1, -0.05) is 55.5 Å². The predicted octanol–water partition coefficient (Wildman–Crippen LogP) is 5.89. The van der Waals surface area contributed by atoms with Crippen LogP contribution in [0.1, 0.15) is 24.5 Å². The van der Waals surface area contributed by atoms with Crippen molar-refractivity contribution in [3.05, 3.63) is 90.0 Å². The zero-order valence-electron chi connectivity index (χ0n) is 16.7. The number of rotatable bonds is 10. The molecule has 3 aromatic rings. The second-order valence-corrected chi connectivity index (χ2v) is 6.96. The average molecular weight is 376 g/mol. The Morgan fingerprint density at radius 3 is 2.43 bits per heavy atom. The number of benzene rings is 3. The van der Waals surface area contributed by atoms with Crippen molar-refractivity contribution in [1.82, 2.24) is 0 Å². The van der Waals surface area contributed by atoms with E-state index in [9.17, 15) is 0 Å². The fourth-order valence-corrected chi connectivity index (χ4v) is 3.01. The highest BCUT2D eigenvalue weighted by Gasteiger charge is 2.08. The number of ether oxygens (including phenoxy) is 2. The summed E-state index contributed by atoms with van der Waals surface area (Å²) in [5, 5.41) is 3.47. The van der Waals surface area contributed by atoms with Crippen molar-refractivity contribution < 1.29 is 9.47 Å².